The Morgan fingerprint density at radius 3 is 2.55 bits per heavy atom. The molecule has 0 aromatic carbocycles. The number of carbonyl (C=O) groups excluding carboxylic acids is 1. The monoisotopic (exact) mass is 155 g/mol. The second kappa shape index (κ2) is 5.96. The second-order valence-corrected chi connectivity index (χ2v) is 2.57. The van der Waals surface area contributed by atoms with Gasteiger partial charge in [-0.2, -0.15) is 0 Å². The Hall–Kier alpha value is -0.790. The third-order valence-electron chi connectivity index (χ3n) is 1.33. The molecule has 0 saturated heterocycles. The predicted molar refractivity (Wildman–Crippen MR) is 47.3 cm³/mol. The molecule has 0 saturated carbocycles. The molecule has 0 fully saturated rings. The number of hydrogen-bond acceptors (Lipinski definition) is 2. The van der Waals surface area contributed by atoms with Crippen molar-refractivity contribution in [2.24, 2.45) is 0 Å². The summed E-state index contributed by atoms with van der Waals surface area (Å²) in [5, 5.41) is 3.08. The van der Waals surface area contributed by atoms with Crippen LogP contribution in [0.25, 0.3) is 0 Å². The van der Waals surface area contributed by atoms with Crippen molar-refractivity contribution in [2.45, 2.75) is 33.6 Å². The van der Waals surface area contributed by atoms with Gasteiger partial charge in [0.2, 0.25) is 0 Å². The molecule has 2 heteroatoms. The number of hydrogen-bond donors (Lipinski definition) is 1. The molecule has 0 rings (SSSR count). The Labute approximate surface area is 68.7 Å². The number of rotatable bonds is 5. The molecule has 0 unspecified atom stereocenters. The first-order valence-corrected chi connectivity index (χ1v) is 4.15. The van der Waals surface area contributed by atoms with Crippen molar-refractivity contribution in [3.63, 3.8) is 0 Å². The van der Waals surface area contributed by atoms with Gasteiger partial charge in [-0.25, -0.2) is 0 Å². The minimum absolute atomic E-state index is 0.214. The molecular formula is C9H17NO. The normalized spacial score (nSPS) is 11.4. The SMILES string of the molecule is CCCC(=O)/C=C(\C)NCC. The van der Waals surface area contributed by atoms with E-state index in [1.165, 1.54) is 0 Å². The molecule has 0 amide bonds. The van der Waals surface area contributed by atoms with Crippen molar-refractivity contribution in [3.8, 4) is 0 Å². The number of allylic oxidation sites excluding steroid dienone is 2. The fraction of sp³-hybridized carbons (Fsp3) is 0.667. The van der Waals surface area contributed by atoms with E-state index in [9.17, 15) is 4.79 Å². The quantitative estimate of drug-likeness (QED) is 0.614. The molecule has 0 aromatic rings. The predicted octanol–water partition coefficient (Wildman–Crippen LogP) is 1.87. The van der Waals surface area contributed by atoms with E-state index in [1.807, 2.05) is 20.8 Å². The average molecular weight is 155 g/mol. The highest BCUT2D eigenvalue weighted by Crippen LogP contribution is 1.93. The van der Waals surface area contributed by atoms with Gasteiger partial charge < -0.3 is 5.32 Å². The molecule has 0 aliphatic heterocycles. The highest BCUT2D eigenvalue weighted by Gasteiger charge is 1.94. The first kappa shape index (κ1) is 10.2. The molecule has 1 N–H and O–H groups in total. The van der Waals surface area contributed by atoms with E-state index in [-0.39, 0.29) is 5.78 Å². The van der Waals surface area contributed by atoms with Crippen LogP contribution in [0.1, 0.15) is 33.6 Å². The molecule has 0 aromatic heterocycles. The van der Waals surface area contributed by atoms with Crippen LogP contribution in [0.2, 0.25) is 0 Å². The maximum atomic E-state index is 11.0. The van der Waals surface area contributed by atoms with Crippen molar-refractivity contribution >= 4 is 5.78 Å². The van der Waals surface area contributed by atoms with E-state index in [2.05, 4.69) is 5.32 Å². The minimum Gasteiger partial charge on any atom is -0.389 e. The van der Waals surface area contributed by atoms with Gasteiger partial charge >= 0.3 is 0 Å². The molecule has 0 heterocycles. The lowest BCUT2D eigenvalue weighted by Gasteiger charge is -2.00. The summed E-state index contributed by atoms with van der Waals surface area (Å²) in [6.45, 7) is 6.81. The number of ketones is 1. The smallest absolute Gasteiger partial charge is 0.157 e. The van der Waals surface area contributed by atoms with Gasteiger partial charge in [0.1, 0.15) is 0 Å². The summed E-state index contributed by atoms with van der Waals surface area (Å²) in [7, 11) is 0. The standard InChI is InChI=1S/C9H17NO/c1-4-6-9(11)7-8(3)10-5-2/h7,10H,4-6H2,1-3H3/b8-7+. The molecule has 11 heavy (non-hydrogen) atoms. The van der Waals surface area contributed by atoms with Crippen LogP contribution in [-0.4, -0.2) is 12.3 Å². The first-order chi connectivity index (χ1) is 5.20. The van der Waals surface area contributed by atoms with Gasteiger partial charge in [-0.05, 0) is 26.3 Å². The van der Waals surface area contributed by atoms with E-state index in [4.69, 9.17) is 0 Å². The molecule has 0 radical (unpaired) electrons. The third-order valence-corrected chi connectivity index (χ3v) is 1.33. The lowest BCUT2D eigenvalue weighted by Crippen LogP contribution is -2.10. The molecule has 2 nitrogen and oxygen atoms in total. The lowest BCUT2D eigenvalue weighted by molar-refractivity contribution is -0.114. The van der Waals surface area contributed by atoms with Crippen LogP contribution < -0.4 is 5.32 Å². The molecule has 0 aliphatic rings. The summed E-state index contributed by atoms with van der Waals surface area (Å²) in [6.07, 6.45) is 3.25. The maximum absolute atomic E-state index is 11.0. The molecule has 64 valence electrons. The van der Waals surface area contributed by atoms with E-state index >= 15 is 0 Å². The Morgan fingerprint density at radius 1 is 1.45 bits per heavy atom. The number of carbonyl (C=O) groups is 1. The molecule has 0 aliphatic carbocycles. The van der Waals surface area contributed by atoms with Crippen LogP contribution in [0.5, 0.6) is 0 Å². The van der Waals surface area contributed by atoms with Crippen molar-refractivity contribution in [3.05, 3.63) is 11.8 Å². The van der Waals surface area contributed by atoms with Crippen LogP contribution in [0.4, 0.5) is 0 Å². The van der Waals surface area contributed by atoms with Gasteiger partial charge in [-0.15, -0.1) is 0 Å². The summed E-state index contributed by atoms with van der Waals surface area (Å²) in [5.41, 5.74) is 0.964. The van der Waals surface area contributed by atoms with Crippen LogP contribution in [0.15, 0.2) is 11.8 Å². The van der Waals surface area contributed by atoms with Crippen LogP contribution in [-0.2, 0) is 4.79 Å². The highest BCUT2D eigenvalue weighted by atomic mass is 16.1. The molecule has 0 spiro atoms. The van der Waals surface area contributed by atoms with E-state index < -0.39 is 0 Å². The van der Waals surface area contributed by atoms with E-state index in [0.29, 0.717) is 6.42 Å². The van der Waals surface area contributed by atoms with Gasteiger partial charge in [-0.1, -0.05) is 6.92 Å². The average Bonchev–Trinajstić information content (AvgIpc) is 1.87. The third kappa shape index (κ3) is 5.64. The van der Waals surface area contributed by atoms with Crippen molar-refractivity contribution < 1.29 is 4.79 Å². The fourth-order valence-corrected chi connectivity index (χ4v) is 0.890. The topological polar surface area (TPSA) is 29.1 Å². The zero-order valence-electron chi connectivity index (χ0n) is 7.61. The Bertz CT molecular complexity index is 150. The van der Waals surface area contributed by atoms with Gasteiger partial charge in [0.05, 0.1) is 0 Å². The van der Waals surface area contributed by atoms with Crippen molar-refractivity contribution in [1.82, 2.24) is 5.32 Å². The molecule has 0 atom stereocenters. The summed E-state index contributed by atoms with van der Waals surface area (Å²) < 4.78 is 0. The summed E-state index contributed by atoms with van der Waals surface area (Å²) in [5.74, 6) is 0.214. The molecule has 0 bridgehead atoms. The minimum atomic E-state index is 0.214. The lowest BCUT2D eigenvalue weighted by atomic mass is 10.2. The van der Waals surface area contributed by atoms with E-state index in [0.717, 1.165) is 18.7 Å². The summed E-state index contributed by atoms with van der Waals surface area (Å²) >= 11 is 0. The van der Waals surface area contributed by atoms with Gasteiger partial charge in [0, 0.05) is 18.7 Å². The van der Waals surface area contributed by atoms with Crippen molar-refractivity contribution in [1.29, 1.82) is 0 Å². The zero-order valence-corrected chi connectivity index (χ0v) is 7.61. The van der Waals surface area contributed by atoms with Gasteiger partial charge in [-0.3, -0.25) is 4.79 Å². The van der Waals surface area contributed by atoms with Gasteiger partial charge in [0.25, 0.3) is 0 Å². The number of nitrogens with one attached hydrogen (secondary N) is 1. The first-order valence-electron chi connectivity index (χ1n) is 4.15. The van der Waals surface area contributed by atoms with Gasteiger partial charge in [0.15, 0.2) is 5.78 Å². The Morgan fingerprint density at radius 2 is 2.09 bits per heavy atom. The Balaban J connectivity index is 3.76. The summed E-state index contributed by atoms with van der Waals surface area (Å²) in [4.78, 5) is 11.0. The van der Waals surface area contributed by atoms with Crippen molar-refractivity contribution in [2.75, 3.05) is 6.54 Å². The second-order valence-electron chi connectivity index (χ2n) is 2.57. The maximum Gasteiger partial charge on any atom is 0.157 e. The Kier molecular flexibility index (Phi) is 5.53. The van der Waals surface area contributed by atoms with E-state index in [1.54, 1.807) is 6.08 Å². The van der Waals surface area contributed by atoms with Crippen LogP contribution in [0.3, 0.4) is 0 Å². The molecular weight excluding hydrogens is 138 g/mol. The summed E-state index contributed by atoms with van der Waals surface area (Å²) in [6, 6.07) is 0. The zero-order chi connectivity index (χ0) is 8.69. The fourth-order valence-electron chi connectivity index (χ4n) is 0.890. The van der Waals surface area contributed by atoms with Crippen LogP contribution in [0, 0.1) is 0 Å². The largest absolute Gasteiger partial charge is 0.389 e. The van der Waals surface area contributed by atoms with Crippen LogP contribution >= 0.6 is 0 Å². The highest BCUT2D eigenvalue weighted by molar-refractivity contribution is 5.90.